The van der Waals surface area contributed by atoms with Gasteiger partial charge in [0, 0.05) is 53.1 Å². The fourth-order valence-corrected chi connectivity index (χ4v) is 6.63. The Labute approximate surface area is 385 Å². The zero-order chi connectivity index (χ0) is 47.7. The van der Waals surface area contributed by atoms with Crippen molar-refractivity contribution < 1.29 is 44.7 Å². The molecule has 4 N–H and O–H groups in total. The molecule has 2 amide bonds. The van der Waals surface area contributed by atoms with Gasteiger partial charge in [-0.05, 0) is 116 Å². The minimum Gasteiger partial charge on any atom is -0.744 e. The smallest absolute Gasteiger partial charge is 0.248 e. The highest BCUT2D eigenvalue weighted by molar-refractivity contribution is 7.86. The Kier molecular flexibility index (Phi) is 17.4. The van der Waals surface area contributed by atoms with Gasteiger partial charge in [-0.3, -0.25) is 9.59 Å². The van der Waals surface area contributed by atoms with Crippen LogP contribution < -0.4 is 30.4 Å². The lowest BCUT2D eigenvalue weighted by atomic mass is 10.1. The summed E-state index contributed by atoms with van der Waals surface area (Å²) in [4.78, 5) is 24.5. The van der Waals surface area contributed by atoms with Crippen LogP contribution in [0, 0.1) is 13.8 Å². The summed E-state index contributed by atoms with van der Waals surface area (Å²) in [5.41, 5.74) is 8.83. The Bertz CT molecular complexity index is 2930. The lowest BCUT2D eigenvalue weighted by Gasteiger charge is -2.07. The topological polar surface area (TPSA) is 204 Å². The quantitative estimate of drug-likeness (QED) is 0.0529. The molecule has 7 rings (SSSR count). The van der Waals surface area contributed by atoms with Gasteiger partial charge in [-0.2, -0.15) is 0 Å². The number of nitrogens with zero attached hydrogens (tertiary/aromatic N) is 2. The summed E-state index contributed by atoms with van der Waals surface area (Å²) < 4.78 is 66.3. The van der Waals surface area contributed by atoms with Gasteiger partial charge in [0.05, 0.1) is 15.5 Å². The second-order valence-electron chi connectivity index (χ2n) is 14.8. The molecule has 2 aromatic heterocycles. The van der Waals surface area contributed by atoms with Crippen molar-refractivity contribution in [1.29, 1.82) is 0 Å². The molecule has 0 unspecified atom stereocenters. The lowest BCUT2D eigenvalue weighted by Crippen LogP contribution is -2.26. The molecule has 16 heteroatoms. The Morgan fingerprint density at radius 1 is 0.455 bits per heavy atom. The van der Waals surface area contributed by atoms with Crippen LogP contribution in [-0.4, -0.2) is 37.8 Å². The molecule has 2 heterocycles. The zero-order valence-corrected chi connectivity index (χ0v) is 38.1. The molecule has 0 saturated carbocycles. The fourth-order valence-electron chi connectivity index (χ4n) is 5.69. The van der Waals surface area contributed by atoms with Crippen molar-refractivity contribution in [3.05, 3.63) is 205 Å². The van der Waals surface area contributed by atoms with Gasteiger partial charge >= 0.3 is 0 Å². The predicted molar refractivity (Wildman–Crippen MR) is 255 cm³/mol. The average molecular weight is 925 g/mol. The van der Waals surface area contributed by atoms with Crippen LogP contribution in [0.15, 0.2) is 192 Å². The van der Waals surface area contributed by atoms with Crippen molar-refractivity contribution in [2.24, 2.45) is 14.1 Å². The van der Waals surface area contributed by atoms with Crippen LogP contribution in [0.4, 0.5) is 34.1 Å². The molecule has 0 atom stereocenters. The summed E-state index contributed by atoms with van der Waals surface area (Å²) in [5, 5.41) is 12.4. The summed E-state index contributed by atoms with van der Waals surface area (Å²) >= 11 is 0. The standard InChI is InChI=1S/C36H32N6O2.2C7H8O3S/c1-41-24-21-33(22-25-41)37-29-11-15-31(16-12-29)39-35(43)19-9-27-5-7-28(8-6-27)10-20-36(44)40-32-17-13-30(14-18-32)38-34-4-3-23-42(2)26-34;2*1-6-2-4-7(5-3-6)11(8,9)10/h3-26H,1-2H3,(H2-,38,39,40,43,44);2*2-5H,1H3,(H,8,9,10). The number of nitrogens with one attached hydrogen (secondary N) is 4. The second-order valence-corrected chi connectivity index (χ2v) is 17.5. The molecule has 0 aliphatic heterocycles. The van der Waals surface area contributed by atoms with Crippen LogP contribution in [0.1, 0.15) is 22.3 Å². The van der Waals surface area contributed by atoms with Crippen molar-refractivity contribution >= 4 is 78.3 Å². The van der Waals surface area contributed by atoms with Crippen molar-refractivity contribution in [2.75, 3.05) is 21.3 Å². The molecule has 0 radical (unpaired) electrons. The number of hydrogen-bond donors (Lipinski definition) is 4. The van der Waals surface area contributed by atoms with E-state index in [0.717, 1.165) is 45.0 Å². The number of carbonyl (C=O) groups is 2. The third-order valence-electron chi connectivity index (χ3n) is 9.21. The molecule has 0 saturated heterocycles. The maximum Gasteiger partial charge on any atom is 0.248 e. The van der Waals surface area contributed by atoms with Gasteiger partial charge in [0.1, 0.15) is 40.0 Å². The van der Waals surface area contributed by atoms with Gasteiger partial charge in [-0.15, -0.1) is 0 Å². The number of aromatic nitrogens is 2. The molecular formula is C50H48N6O8S2. The first kappa shape index (κ1) is 49.3. The SMILES string of the molecule is C[n+]1ccc(Nc2ccc(NC(=O)/C=C/c3ccc(/C=C/C(=O)Nc4ccc(Nc5ccc[n+](C)c5)cc4)cc3)cc2)cc1.Cc1ccc(S(=O)(=O)[O-])cc1.Cc1ccc(S(=O)(=O)[O-])cc1. The Morgan fingerprint density at radius 2 is 0.818 bits per heavy atom. The molecule has 66 heavy (non-hydrogen) atoms. The summed E-state index contributed by atoms with van der Waals surface area (Å²) in [7, 11) is -4.60. The third kappa shape index (κ3) is 17.1. The van der Waals surface area contributed by atoms with E-state index in [1.807, 2.05) is 159 Å². The van der Waals surface area contributed by atoms with Crippen molar-refractivity contribution in [3.63, 3.8) is 0 Å². The summed E-state index contributed by atoms with van der Waals surface area (Å²) in [6.45, 7) is 3.64. The van der Waals surface area contributed by atoms with Crippen molar-refractivity contribution in [1.82, 2.24) is 0 Å². The summed E-state index contributed by atoms with van der Waals surface area (Å²) in [6.07, 6.45) is 14.4. The van der Waals surface area contributed by atoms with Gasteiger partial charge < -0.3 is 30.4 Å². The average Bonchev–Trinajstić information content (AvgIpc) is 3.28. The molecule has 0 fully saturated rings. The second kappa shape index (κ2) is 23.3. The van der Waals surface area contributed by atoms with Crippen molar-refractivity contribution in [3.8, 4) is 0 Å². The van der Waals surface area contributed by atoms with Gasteiger partial charge in [-0.25, -0.2) is 26.0 Å². The maximum absolute atomic E-state index is 12.4. The molecule has 0 aliphatic carbocycles. The van der Waals surface area contributed by atoms with Crippen LogP contribution in [-0.2, 0) is 43.9 Å². The number of aryl methyl sites for hydroxylation is 4. The molecule has 7 aromatic rings. The van der Waals surface area contributed by atoms with Crippen LogP contribution in [0.3, 0.4) is 0 Å². The van der Waals surface area contributed by atoms with E-state index < -0.39 is 20.2 Å². The number of benzene rings is 5. The normalized spacial score (nSPS) is 11.1. The molecule has 14 nitrogen and oxygen atoms in total. The Morgan fingerprint density at radius 3 is 1.20 bits per heavy atom. The van der Waals surface area contributed by atoms with Crippen molar-refractivity contribution in [2.45, 2.75) is 23.6 Å². The monoisotopic (exact) mass is 924 g/mol. The van der Waals surface area contributed by atoms with E-state index in [2.05, 4.69) is 21.3 Å². The molecule has 0 aliphatic rings. The minimum atomic E-state index is -4.27. The number of pyridine rings is 2. The third-order valence-corrected chi connectivity index (χ3v) is 10.9. The van der Waals surface area contributed by atoms with Gasteiger partial charge in [0.25, 0.3) is 0 Å². The van der Waals surface area contributed by atoms with Crippen LogP contribution >= 0.6 is 0 Å². The lowest BCUT2D eigenvalue weighted by molar-refractivity contribution is -0.671. The largest absolute Gasteiger partial charge is 0.744 e. The van der Waals surface area contributed by atoms with Gasteiger partial charge in [-0.1, -0.05) is 59.7 Å². The maximum atomic E-state index is 12.4. The minimum absolute atomic E-state index is 0.178. The molecule has 0 bridgehead atoms. The highest BCUT2D eigenvalue weighted by Crippen LogP contribution is 2.20. The van der Waals surface area contributed by atoms with Gasteiger partial charge in [0.2, 0.25) is 11.8 Å². The first-order chi connectivity index (χ1) is 31.4. The van der Waals surface area contributed by atoms with E-state index in [1.54, 1.807) is 36.4 Å². The first-order valence-electron chi connectivity index (χ1n) is 20.2. The highest BCUT2D eigenvalue weighted by Gasteiger charge is 2.04. The molecule has 5 aromatic carbocycles. The zero-order valence-electron chi connectivity index (χ0n) is 36.5. The van der Waals surface area contributed by atoms with E-state index in [1.165, 1.54) is 36.4 Å². The summed E-state index contributed by atoms with van der Waals surface area (Å²) in [6, 6.07) is 42.2. The number of rotatable bonds is 12. The number of carbonyl (C=O) groups excluding carboxylic acids is 2. The van der Waals surface area contributed by atoms with E-state index in [4.69, 9.17) is 0 Å². The molecule has 0 spiro atoms. The van der Waals surface area contributed by atoms with E-state index in [9.17, 15) is 35.5 Å². The first-order valence-corrected chi connectivity index (χ1v) is 23.0. The van der Waals surface area contributed by atoms with E-state index in [-0.39, 0.29) is 21.6 Å². The number of amides is 2. The van der Waals surface area contributed by atoms with E-state index in [0.29, 0.717) is 11.4 Å². The Balaban J connectivity index is 0.000000301. The molecule has 338 valence electrons. The van der Waals surface area contributed by atoms with Crippen LogP contribution in [0.25, 0.3) is 12.2 Å². The van der Waals surface area contributed by atoms with Crippen LogP contribution in [0.2, 0.25) is 0 Å². The molecular weight excluding hydrogens is 877 g/mol. The van der Waals surface area contributed by atoms with E-state index >= 15 is 0 Å². The Hall–Kier alpha value is -7.76. The number of hydrogen-bond acceptors (Lipinski definition) is 10. The van der Waals surface area contributed by atoms with Crippen LogP contribution in [0.5, 0.6) is 0 Å². The summed E-state index contributed by atoms with van der Waals surface area (Å²) in [5.74, 6) is -0.445. The fraction of sp³-hybridized carbons (Fsp3) is 0.0800. The van der Waals surface area contributed by atoms with Gasteiger partial charge in [0.15, 0.2) is 24.8 Å². The number of anilines is 6. The predicted octanol–water partition coefficient (Wildman–Crippen LogP) is 7.92. The highest BCUT2D eigenvalue weighted by atomic mass is 32.2.